The van der Waals surface area contributed by atoms with Crippen LogP contribution in [0.3, 0.4) is 0 Å². The number of halogens is 1. The van der Waals surface area contributed by atoms with Crippen molar-refractivity contribution >= 4 is 42.2 Å². The molecule has 0 atom stereocenters. The first-order valence-corrected chi connectivity index (χ1v) is 17.0. The van der Waals surface area contributed by atoms with Crippen molar-refractivity contribution in [2.24, 2.45) is 5.41 Å². The zero-order valence-corrected chi connectivity index (χ0v) is 22.2. The second-order valence-electron chi connectivity index (χ2n) is 9.73. The average Bonchev–Trinajstić information content (AvgIpc) is 2.89. The van der Waals surface area contributed by atoms with Crippen LogP contribution in [0.4, 0.5) is 0 Å². The normalized spacial score (nSPS) is 25.9. The second-order valence-corrected chi connectivity index (χ2v) is 20.5. The van der Waals surface area contributed by atoms with Gasteiger partial charge in [0.25, 0.3) is 0 Å². The third kappa shape index (κ3) is 4.19. The summed E-state index contributed by atoms with van der Waals surface area (Å²) in [4.78, 5) is 0. The molecule has 0 unspecified atom stereocenters. The summed E-state index contributed by atoms with van der Waals surface area (Å²) in [7, 11) is 0. The van der Waals surface area contributed by atoms with Gasteiger partial charge >= 0.3 is 211 Å². The summed E-state index contributed by atoms with van der Waals surface area (Å²) in [6, 6.07) is 33.3. The van der Waals surface area contributed by atoms with Gasteiger partial charge in [0, 0.05) is 0 Å². The number of rotatable bonds is 8. The first kappa shape index (κ1) is 23.4. The van der Waals surface area contributed by atoms with Gasteiger partial charge in [0.1, 0.15) is 0 Å². The second kappa shape index (κ2) is 9.05. The van der Waals surface area contributed by atoms with Gasteiger partial charge < -0.3 is 0 Å². The van der Waals surface area contributed by atoms with Crippen LogP contribution in [0.1, 0.15) is 26.2 Å². The molecule has 33 heavy (non-hydrogen) atoms. The fourth-order valence-electron chi connectivity index (χ4n) is 5.12. The molecule has 3 aromatic rings. The molecule has 0 spiro atoms. The maximum atomic E-state index is 6.04. The summed E-state index contributed by atoms with van der Waals surface area (Å²) in [5, 5.41) is 4.28. The molecular formula is C28H32IO3P. The number of hydrogen-bond donors (Lipinski definition) is 0. The number of benzene rings is 3. The van der Waals surface area contributed by atoms with E-state index in [0.29, 0.717) is 0 Å². The molecule has 3 aromatic carbocycles. The van der Waals surface area contributed by atoms with E-state index in [1.54, 1.807) is 0 Å². The van der Waals surface area contributed by atoms with Crippen LogP contribution < -0.4 is 15.9 Å². The Labute approximate surface area is 210 Å². The molecule has 3 aliphatic heterocycles. The Morgan fingerprint density at radius 1 is 0.667 bits per heavy atom. The molecule has 2 bridgehead atoms. The van der Waals surface area contributed by atoms with E-state index >= 15 is 0 Å². The van der Waals surface area contributed by atoms with Gasteiger partial charge in [-0.15, -0.1) is 0 Å². The Morgan fingerprint density at radius 3 is 1.45 bits per heavy atom. The summed E-state index contributed by atoms with van der Waals surface area (Å²) in [5.41, 5.74) is 0.00357. The van der Waals surface area contributed by atoms with E-state index in [9.17, 15) is 0 Å². The Balaban J connectivity index is 1.47. The minimum atomic E-state index is -2.72. The predicted molar refractivity (Wildman–Crippen MR) is 147 cm³/mol. The fraction of sp³-hybridized carbons (Fsp3) is 0.357. The van der Waals surface area contributed by atoms with Gasteiger partial charge in [-0.3, -0.25) is 0 Å². The van der Waals surface area contributed by atoms with Crippen LogP contribution in [0.25, 0.3) is 0 Å². The SMILES string of the molecule is CC12COC(CCCCP(I)(c3ccccc3)(c3ccccc3)c3ccccc3)(OC1)OC2. The zero-order valence-electron chi connectivity index (χ0n) is 19.2. The average molecular weight is 574 g/mol. The number of ether oxygens (including phenoxy) is 3. The Hall–Kier alpha value is -1.30. The van der Waals surface area contributed by atoms with E-state index in [2.05, 4.69) is 120 Å². The van der Waals surface area contributed by atoms with Crippen molar-refractivity contribution in [2.45, 2.75) is 32.2 Å². The summed E-state index contributed by atoms with van der Waals surface area (Å²) < 4.78 is 15.4. The maximum absolute atomic E-state index is 6.04. The zero-order chi connectivity index (χ0) is 22.9. The van der Waals surface area contributed by atoms with E-state index in [1.807, 2.05) is 0 Å². The predicted octanol–water partition coefficient (Wildman–Crippen LogP) is 5.77. The standard InChI is InChI=1S/C28H32IO3P/c1-27-21-30-28(31-22-27,32-23-27)19-11-12-20-33(29,24-13-5-2-6-14-24,25-15-7-3-8-16-25)26-17-9-4-10-18-26/h2-10,13-18H,11-12,19-23H2,1H3. The van der Waals surface area contributed by atoms with Crippen LogP contribution in [-0.4, -0.2) is 32.0 Å². The summed E-state index contributed by atoms with van der Waals surface area (Å²) in [6.07, 6.45) is 3.90. The third-order valence-corrected chi connectivity index (χ3v) is 18.9. The number of fused-ring (bicyclic) bond motifs is 3. The number of hydrogen-bond acceptors (Lipinski definition) is 3. The summed E-state index contributed by atoms with van der Waals surface area (Å²) in [6.45, 7) is 4.32. The van der Waals surface area contributed by atoms with Gasteiger partial charge in [0.15, 0.2) is 0 Å². The molecule has 5 heteroatoms. The molecule has 3 fully saturated rings. The molecule has 0 radical (unpaired) electrons. The van der Waals surface area contributed by atoms with Gasteiger partial charge in [-0.1, -0.05) is 0 Å². The first-order valence-electron chi connectivity index (χ1n) is 11.8. The Bertz CT molecular complexity index is 950. The van der Waals surface area contributed by atoms with Crippen LogP contribution >= 0.6 is 26.3 Å². The van der Waals surface area contributed by atoms with E-state index in [0.717, 1.165) is 45.2 Å². The van der Waals surface area contributed by atoms with Gasteiger partial charge in [-0.2, -0.15) is 0 Å². The fourth-order valence-corrected chi connectivity index (χ4v) is 13.9. The van der Waals surface area contributed by atoms with Crippen LogP contribution in [-0.2, 0) is 14.2 Å². The molecular weight excluding hydrogens is 542 g/mol. The van der Waals surface area contributed by atoms with Crippen molar-refractivity contribution < 1.29 is 14.2 Å². The van der Waals surface area contributed by atoms with Crippen molar-refractivity contribution in [2.75, 3.05) is 26.0 Å². The van der Waals surface area contributed by atoms with Crippen LogP contribution in [0.2, 0.25) is 0 Å². The molecule has 3 aliphatic rings. The van der Waals surface area contributed by atoms with Crippen molar-refractivity contribution in [3.05, 3.63) is 91.0 Å². The number of unbranched alkanes of at least 4 members (excludes halogenated alkanes) is 1. The molecule has 3 heterocycles. The first-order chi connectivity index (χ1) is 16.0. The van der Waals surface area contributed by atoms with Crippen LogP contribution in [0.5, 0.6) is 0 Å². The topological polar surface area (TPSA) is 27.7 Å². The monoisotopic (exact) mass is 574 g/mol. The summed E-state index contributed by atoms with van der Waals surface area (Å²) in [5.74, 6) is -0.842. The van der Waals surface area contributed by atoms with E-state index in [4.69, 9.17) is 14.2 Å². The Morgan fingerprint density at radius 2 is 1.06 bits per heavy atom. The van der Waals surface area contributed by atoms with Gasteiger partial charge in [0.2, 0.25) is 0 Å². The van der Waals surface area contributed by atoms with Gasteiger partial charge in [-0.05, 0) is 0 Å². The van der Waals surface area contributed by atoms with E-state index in [1.165, 1.54) is 15.9 Å². The minimum absolute atomic E-state index is 0.00357. The molecule has 0 amide bonds. The summed E-state index contributed by atoms with van der Waals surface area (Å²) >= 11 is 2.86. The molecule has 0 aromatic heterocycles. The Kier molecular flexibility index (Phi) is 6.43. The molecule has 3 saturated heterocycles. The molecule has 0 aliphatic carbocycles. The van der Waals surface area contributed by atoms with Crippen LogP contribution in [0.15, 0.2) is 91.0 Å². The van der Waals surface area contributed by atoms with E-state index in [-0.39, 0.29) is 5.41 Å². The molecule has 174 valence electrons. The molecule has 0 saturated carbocycles. The van der Waals surface area contributed by atoms with E-state index < -0.39 is 10.2 Å². The molecule has 0 N–H and O–H groups in total. The van der Waals surface area contributed by atoms with Gasteiger partial charge in [0.05, 0.1) is 0 Å². The molecule has 6 rings (SSSR count). The third-order valence-electron chi connectivity index (χ3n) is 7.12. The van der Waals surface area contributed by atoms with Gasteiger partial charge in [-0.25, -0.2) is 0 Å². The van der Waals surface area contributed by atoms with Crippen molar-refractivity contribution in [1.29, 1.82) is 0 Å². The molecule has 3 nitrogen and oxygen atoms in total. The van der Waals surface area contributed by atoms with Crippen molar-refractivity contribution in [3.8, 4) is 0 Å². The van der Waals surface area contributed by atoms with Crippen molar-refractivity contribution in [3.63, 3.8) is 0 Å². The quantitative estimate of drug-likeness (QED) is 0.194. The van der Waals surface area contributed by atoms with Crippen molar-refractivity contribution in [1.82, 2.24) is 0 Å². The van der Waals surface area contributed by atoms with Crippen LogP contribution in [0, 0.1) is 5.41 Å².